The number of carbonyl (C=O) groups excluding carboxylic acids is 1. The Bertz CT molecular complexity index is 772. The SMILES string of the molecule is O=C(Nc1ccc(Cl)cc1)Nc1nnc(-c2ccccc2)o1. The van der Waals surface area contributed by atoms with Gasteiger partial charge in [-0.2, -0.15) is 0 Å². The fourth-order valence-electron chi connectivity index (χ4n) is 1.76. The van der Waals surface area contributed by atoms with Crippen LogP contribution in [0.25, 0.3) is 11.5 Å². The minimum atomic E-state index is -0.481. The summed E-state index contributed by atoms with van der Waals surface area (Å²) in [6.07, 6.45) is 0. The number of hydrogen-bond donors (Lipinski definition) is 2. The van der Waals surface area contributed by atoms with E-state index in [1.165, 1.54) is 0 Å². The van der Waals surface area contributed by atoms with Gasteiger partial charge in [-0.3, -0.25) is 5.32 Å². The molecule has 0 radical (unpaired) electrons. The summed E-state index contributed by atoms with van der Waals surface area (Å²) in [7, 11) is 0. The lowest BCUT2D eigenvalue weighted by atomic mass is 10.2. The van der Waals surface area contributed by atoms with Gasteiger partial charge >= 0.3 is 12.0 Å². The number of nitrogens with one attached hydrogen (secondary N) is 2. The fourth-order valence-corrected chi connectivity index (χ4v) is 1.89. The Morgan fingerprint density at radius 3 is 2.41 bits per heavy atom. The van der Waals surface area contributed by atoms with Gasteiger partial charge in [-0.05, 0) is 36.4 Å². The lowest BCUT2D eigenvalue weighted by Gasteiger charge is -2.04. The first-order valence-corrected chi connectivity index (χ1v) is 6.81. The van der Waals surface area contributed by atoms with E-state index < -0.39 is 6.03 Å². The first-order chi connectivity index (χ1) is 10.7. The maximum absolute atomic E-state index is 11.8. The number of nitrogens with zero attached hydrogens (tertiary/aromatic N) is 2. The molecule has 3 aromatic rings. The number of anilines is 2. The van der Waals surface area contributed by atoms with Crippen molar-refractivity contribution in [2.24, 2.45) is 0 Å². The number of hydrogen-bond acceptors (Lipinski definition) is 4. The predicted octanol–water partition coefficient (Wildman–Crippen LogP) is 4.03. The number of rotatable bonds is 3. The molecule has 6 nitrogen and oxygen atoms in total. The molecule has 1 heterocycles. The Morgan fingerprint density at radius 1 is 0.955 bits per heavy atom. The quantitative estimate of drug-likeness (QED) is 0.764. The molecule has 0 saturated carbocycles. The van der Waals surface area contributed by atoms with Gasteiger partial charge in [0.2, 0.25) is 5.89 Å². The van der Waals surface area contributed by atoms with Crippen LogP contribution in [0.5, 0.6) is 0 Å². The highest BCUT2D eigenvalue weighted by molar-refractivity contribution is 6.30. The van der Waals surface area contributed by atoms with Gasteiger partial charge in [-0.1, -0.05) is 34.9 Å². The van der Waals surface area contributed by atoms with E-state index in [1.54, 1.807) is 24.3 Å². The molecule has 0 fully saturated rings. The van der Waals surface area contributed by atoms with Gasteiger partial charge in [0, 0.05) is 16.3 Å². The molecule has 0 aliphatic rings. The van der Waals surface area contributed by atoms with Gasteiger partial charge < -0.3 is 9.73 Å². The molecule has 0 aliphatic heterocycles. The van der Waals surface area contributed by atoms with Crippen molar-refractivity contribution in [1.82, 2.24) is 10.2 Å². The summed E-state index contributed by atoms with van der Waals surface area (Å²) in [5.41, 5.74) is 1.38. The van der Waals surface area contributed by atoms with Crippen LogP contribution in [0.3, 0.4) is 0 Å². The maximum atomic E-state index is 11.8. The minimum absolute atomic E-state index is 0.0188. The first-order valence-electron chi connectivity index (χ1n) is 6.43. The Kier molecular flexibility index (Phi) is 4.02. The molecule has 2 aromatic carbocycles. The highest BCUT2D eigenvalue weighted by atomic mass is 35.5. The molecule has 3 rings (SSSR count). The van der Waals surface area contributed by atoms with Gasteiger partial charge in [-0.25, -0.2) is 4.79 Å². The van der Waals surface area contributed by atoms with Crippen LogP contribution >= 0.6 is 11.6 Å². The highest BCUT2D eigenvalue weighted by Crippen LogP contribution is 2.19. The third-order valence-electron chi connectivity index (χ3n) is 2.77. The molecule has 22 heavy (non-hydrogen) atoms. The number of halogens is 1. The van der Waals surface area contributed by atoms with Crippen molar-refractivity contribution in [1.29, 1.82) is 0 Å². The highest BCUT2D eigenvalue weighted by Gasteiger charge is 2.11. The van der Waals surface area contributed by atoms with Crippen molar-refractivity contribution < 1.29 is 9.21 Å². The van der Waals surface area contributed by atoms with E-state index in [1.807, 2.05) is 30.3 Å². The molecule has 0 spiro atoms. The smallest absolute Gasteiger partial charge is 0.327 e. The number of benzene rings is 2. The monoisotopic (exact) mass is 314 g/mol. The predicted molar refractivity (Wildman–Crippen MR) is 83.8 cm³/mol. The largest absolute Gasteiger partial charge is 0.403 e. The normalized spacial score (nSPS) is 10.2. The second kappa shape index (κ2) is 6.28. The lowest BCUT2D eigenvalue weighted by molar-refractivity contribution is 0.261. The first kappa shape index (κ1) is 14.1. The molecule has 0 bridgehead atoms. The standard InChI is InChI=1S/C15H11ClN4O2/c16-11-6-8-12(9-7-11)17-14(21)18-15-20-19-13(22-15)10-4-2-1-3-5-10/h1-9H,(H2,17,18,20,21). The number of amides is 2. The molecule has 2 N–H and O–H groups in total. The zero-order valence-corrected chi connectivity index (χ0v) is 12.0. The molecule has 0 atom stereocenters. The van der Waals surface area contributed by atoms with Gasteiger partial charge in [0.25, 0.3) is 0 Å². The summed E-state index contributed by atoms with van der Waals surface area (Å²) < 4.78 is 5.38. The summed E-state index contributed by atoms with van der Waals surface area (Å²) in [5.74, 6) is 0.336. The molecule has 7 heteroatoms. The summed E-state index contributed by atoms with van der Waals surface area (Å²) in [5, 5.41) is 13.4. The van der Waals surface area contributed by atoms with Crippen LogP contribution in [-0.2, 0) is 0 Å². The van der Waals surface area contributed by atoms with Crippen LogP contribution < -0.4 is 10.6 Å². The summed E-state index contributed by atoms with van der Waals surface area (Å²) in [6, 6.07) is 15.6. The van der Waals surface area contributed by atoms with Crippen LogP contribution in [0, 0.1) is 0 Å². The average molecular weight is 315 g/mol. The van der Waals surface area contributed by atoms with Gasteiger partial charge in [0.1, 0.15) is 0 Å². The van der Waals surface area contributed by atoms with Crippen molar-refractivity contribution in [3.8, 4) is 11.5 Å². The fraction of sp³-hybridized carbons (Fsp3) is 0. The molecule has 0 unspecified atom stereocenters. The summed E-state index contributed by atoms with van der Waals surface area (Å²) >= 11 is 5.78. The Morgan fingerprint density at radius 2 is 1.68 bits per heavy atom. The van der Waals surface area contributed by atoms with Crippen molar-refractivity contribution in [3.63, 3.8) is 0 Å². The third kappa shape index (κ3) is 3.42. The molecule has 0 saturated heterocycles. The van der Waals surface area contributed by atoms with E-state index in [-0.39, 0.29) is 6.01 Å². The number of urea groups is 1. The van der Waals surface area contributed by atoms with Crippen molar-refractivity contribution in [3.05, 3.63) is 59.6 Å². The molecular weight excluding hydrogens is 304 g/mol. The van der Waals surface area contributed by atoms with Crippen LogP contribution in [-0.4, -0.2) is 16.2 Å². The van der Waals surface area contributed by atoms with Crippen molar-refractivity contribution in [2.75, 3.05) is 10.6 Å². The Balaban J connectivity index is 1.65. The topological polar surface area (TPSA) is 80.0 Å². The Labute approximate surface area is 131 Å². The van der Waals surface area contributed by atoms with Crippen LogP contribution in [0.2, 0.25) is 5.02 Å². The molecule has 110 valence electrons. The lowest BCUT2D eigenvalue weighted by Crippen LogP contribution is -2.19. The zero-order valence-electron chi connectivity index (χ0n) is 11.3. The van der Waals surface area contributed by atoms with E-state index in [0.29, 0.717) is 16.6 Å². The van der Waals surface area contributed by atoms with Crippen LogP contribution in [0.15, 0.2) is 59.0 Å². The van der Waals surface area contributed by atoms with Crippen LogP contribution in [0.1, 0.15) is 0 Å². The third-order valence-corrected chi connectivity index (χ3v) is 3.02. The van der Waals surface area contributed by atoms with E-state index in [4.69, 9.17) is 16.0 Å². The van der Waals surface area contributed by atoms with E-state index in [9.17, 15) is 4.79 Å². The van der Waals surface area contributed by atoms with E-state index in [0.717, 1.165) is 5.56 Å². The van der Waals surface area contributed by atoms with Crippen LogP contribution in [0.4, 0.5) is 16.5 Å². The number of carbonyl (C=O) groups is 1. The van der Waals surface area contributed by atoms with Crippen molar-refractivity contribution >= 4 is 29.3 Å². The molecule has 0 aliphatic carbocycles. The van der Waals surface area contributed by atoms with Gasteiger partial charge in [-0.15, -0.1) is 5.10 Å². The molecule has 2 amide bonds. The van der Waals surface area contributed by atoms with Gasteiger partial charge in [0.05, 0.1) is 0 Å². The maximum Gasteiger partial charge on any atom is 0.327 e. The zero-order chi connectivity index (χ0) is 15.4. The molecular formula is C15H11ClN4O2. The summed E-state index contributed by atoms with van der Waals surface area (Å²) in [6.45, 7) is 0. The summed E-state index contributed by atoms with van der Waals surface area (Å²) in [4.78, 5) is 11.8. The Hall–Kier alpha value is -2.86. The van der Waals surface area contributed by atoms with E-state index >= 15 is 0 Å². The van der Waals surface area contributed by atoms with Crippen molar-refractivity contribution in [2.45, 2.75) is 0 Å². The molecule has 1 aromatic heterocycles. The van der Waals surface area contributed by atoms with E-state index in [2.05, 4.69) is 20.8 Å². The number of aromatic nitrogens is 2. The average Bonchev–Trinajstić information content (AvgIpc) is 2.99. The minimum Gasteiger partial charge on any atom is -0.403 e. The second-order valence-electron chi connectivity index (χ2n) is 4.36. The second-order valence-corrected chi connectivity index (χ2v) is 4.80. The van der Waals surface area contributed by atoms with Gasteiger partial charge in [0.15, 0.2) is 0 Å².